The van der Waals surface area contributed by atoms with Crippen molar-refractivity contribution in [3.8, 4) is 0 Å². The number of piperazine rings is 1. The molecule has 3 rings (SSSR count). The number of anilines is 3. The highest BCUT2D eigenvalue weighted by atomic mass is 32.2. The van der Waals surface area contributed by atoms with Gasteiger partial charge in [-0.15, -0.1) is 0 Å². The van der Waals surface area contributed by atoms with Crippen molar-refractivity contribution in [2.24, 2.45) is 0 Å². The first kappa shape index (κ1) is 24.6. The van der Waals surface area contributed by atoms with Gasteiger partial charge in [-0.05, 0) is 56.1 Å². The molecule has 0 radical (unpaired) electrons. The van der Waals surface area contributed by atoms with E-state index < -0.39 is 0 Å². The third-order valence-corrected chi connectivity index (χ3v) is 5.98. The predicted octanol–water partition coefficient (Wildman–Crippen LogP) is 3.78. The molecule has 1 aliphatic heterocycles. The summed E-state index contributed by atoms with van der Waals surface area (Å²) in [4.78, 5) is 26.8. The lowest BCUT2D eigenvalue weighted by Crippen LogP contribution is -2.44. The third-order valence-electron chi connectivity index (χ3n) is 5.11. The molecule has 1 aliphatic rings. The van der Waals surface area contributed by atoms with Gasteiger partial charge in [0.2, 0.25) is 5.91 Å². The Morgan fingerprint density at radius 3 is 2.45 bits per heavy atom. The number of carbonyl (C=O) groups is 1. The first-order chi connectivity index (χ1) is 15.9. The van der Waals surface area contributed by atoms with Gasteiger partial charge < -0.3 is 25.8 Å². The largest absolute Gasteiger partial charge is 0.375 e. The van der Waals surface area contributed by atoms with Gasteiger partial charge in [0.05, 0.1) is 0 Å². The number of allylic oxidation sites excluding steroid dienone is 2. The Morgan fingerprint density at radius 1 is 1.15 bits per heavy atom. The SMILES string of the molecule is C=C(C)/C=C(\NC)Nc1cc(N2CCN(C)CC2)nc(Sc2ccc(NC(=O)CC)cc2)n1. The van der Waals surface area contributed by atoms with Gasteiger partial charge in [-0.2, -0.15) is 0 Å². The highest BCUT2D eigenvalue weighted by Crippen LogP contribution is 2.29. The molecule has 0 bridgehead atoms. The topological polar surface area (TPSA) is 85.4 Å². The maximum Gasteiger partial charge on any atom is 0.224 e. The number of amides is 1. The predicted molar refractivity (Wildman–Crippen MR) is 137 cm³/mol. The van der Waals surface area contributed by atoms with Crippen molar-refractivity contribution in [1.29, 1.82) is 0 Å². The number of hydrogen-bond acceptors (Lipinski definition) is 8. The van der Waals surface area contributed by atoms with Crippen LogP contribution in [-0.2, 0) is 4.79 Å². The van der Waals surface area contributed by atoms with Gasteiger partial charge in [0.1, 0.15) is 17.5 Å². The quantitative estimate of drug-likeness (QED) is 0.380. The van der Waals surface area contributed by atoms with Crippen LogP contribution in [0.3, 0.4) is 0 Å². The molecule has 1 aromatic carbocycles. The fourth-order valence-electron chi connectivity index (χ4n) is 3.24. The number of benzene rings is 1. The van der Waals surface area contributed by atoms with Gasteiger partial charge in [-0.3, -0.25) is 4.79 Å². The molecule has 0 saturated carbocycles. The second kappa shape index (κ2) is 11.7. The molecule has 3 N–H and O–H groups in total. The van der Waals surface area contributed by atoms with Gasteiger partial charge in [0, 0.05) is 56.3 Å². The molecule has 0 atom stereocenters. The van der Waals surface area contributed by atoms with Crippen molar-refractivity contribution in [1.82, 2.24) is 20.2 Å². The number of hydrogen-bond donors (Lipinski definition) is 3. The fraction of sp³-hybridized carbons (Fsp3) is 0.375. The second-order valence-electron chi connectivity index (χ2n) is 7.99. The summed E-state index contributed by atoms with van der Waals surface area (Å²) < 4.78 is 0. The Bertz CT molecular complexity index is 998. The van der Waals surface area contributed by atoms with Gasteiger partial charge >= 0.3 is 0 Å². The molecule has 1 fully saturated rings. The van der Waals surface area contributed by atoms with Crippen molar-refractivity contribution in [3.05, 3.63) is 54.4 Å². The minimum atomic E-state index is -0.00233. The van der Waals surface area contributed by atoms with Crippen molar-refractivity contribution < 1.29 is 4.79 Å². The Kier molecular flexibility index (Phi) is 8.73. The zero-order valence-electron chi connectivity index (χ0n) is 19.8. The van der Waals surface area contributed by atoms with E-state index in [4.69, 9.17) is 9.97 Å². The van der Waals surface area contributed by atoms with E-state index in [1.54, 1.807) is 0 Å². The minimum Gasteiger partial charge on any atom is -0.375 e. The van der Waals surface area contributed by atoms with E-state index in [1.165, 1.54) is 11.8 Å². The molecular weight excluding hydrogens is 434 g/mol. The van der Waals surface area contributed by atoms with Crippen molar-refractivity contribution >= 4 is 35.0 Å². The molecule has 0 spiro atoms. The van der Waals surface area contributed by atoms with Gasteiger partial charge in [-0.25, -0.2) is 9.97 Å². The van der Waals surface area contributed by atoms with Crippen LogP contribution in [-0.4, -0.2) is 61.0 Å². The van der Waals surface area contributed by atoms with Crippen LogP contribution in [0.1, 0.15) is 20.3 Å². The average molecular weight is 468 g/mol. The zero-order chi connectivity index (χ0) is 23.8. The lowest BCUT2D eigenvalue weighted by molar-refractivity contribution is -0.115. The minimum absolute atomic E-state index is 0.00233. The normalized spacial score (nSPS) is 14.7. The van der Waals surface area contributed by atoms with Gasteiger partial charge in [0.15, 0.2) is 5.16 Å². The first-order valence-electron chi connectivity index (χ1n) is 11.1. The summed E-state index contributed by atoms with van der Waals surface area (Å²) in [5.74, 6) is 2.44. The molecule has 0 aliphatic carbocycles. The Balaban J connectivity index is 1.85. The first-order valence-corrected chi connectivity index (χ1v) is 11.9. The number of likely N-dealkylation sites (N-methyl/N-ethyl adjacent to an activating group) is 1. The Labute approximate surface area is 200 Å². The fourth-order valence-corrected chi connectivity index (χ4v) is 4.00. The van der Waals surface area contributed by atoms with E-state index in [2.05, 4.69) is 39.4 Å². The highest BCUT2D eigenvalue weighted by Gasteiger charge is 2.18. The van der Waals surface area contributed by atoms with Crippen molar-refractivity contribution in [3.63, 3.8) is 0 Å². The van der Waals surface area contributed by atoms with Gasteiger partial charge in [-0.1, -0.05) is 19.1 Å². The number of rotatable bonds is 9. The number of carbonyl (C=O) groups excluding carboxylic acids is 1. The maximum absolute atomic E-state index is 11.6. The van der Waals surface area contributed by atoms with E-state index in [-0.39, 0.29) is 5.91 Å². The van der Waals surface area contributed by atoms with E-state index >= 15 is 0 Å². The molecule has 1 aromatic heterocycles. The second-order valence-corrected chi connectivity index (χ2v) is 9.03. The van der Waals surface area contributed by atoms with Crippen LogP contribution < -0.4 is 20.9 Å². The molecule has 9 heteroatoms. The molecule has 2 heterocycles. The smallest absolute Gasteiger partial charge is 0.224 e. The summed E-state index contributed by atoms with van der Waals surface area (Å²) in [6, 6.07) is 9.72. The summed E-state index contributed by atoms with van der Waals surface area (Å²) in [7, 11) is 4.00. The van der Waals surface area contributed by atoms with E-state index in [9.17, 15) is 4.79 Å². The number of aromatic nitrogens is 2. The summed E-state index contributed by atoms with van der Waals surface area (Å²) in [6.45, 7) is 11.6. The zero-order valence-corrected chi connectivity index (χ0v) is 20.6. The molecule has 8 nitrogen and oxygen atoms in total. The average Bonchev–Trinajstić information content (AvgIpc) is 2.80. The number of nitrogens with zero attached hydrogens (tertiary/aromatic N) is 4. The molecule has 176 valence electrons. The summed E-state index contributed by atoms with van der Waals surface area (Å²) in [6.07, 6.45) is 2.39. The summed E-state index contributed by atoms with van der Waals surface area (Å²) >= 11 is 1.49. The Hall–Kier alpha value is -3.04. The lowest BCUT2D eigenvalue weighted by Gasteiger charge is -2.33. The third kappa shape index (κ3) is 7.50. The van der Waals surface area contributed by atoms with Crippen LogP contribution >= 0.6 is 11.8 Å². The molecule has 2 aromatic rings. The van der Waals surface area contributed by atoms with Crippen LogP contribution in [0.25, 0.3) is 0 Å². The monoisotopic (exact) mass is 467 g/mol. The van der Waals surface area contributed by atoms with Crippen molar-refractivity contribution in [2.75, 3.05) is 55.8 Å². The summed E-state index contributed by atoms with van der Waals surface area (Å²) in [5.41, 5.74) is 1.72. The maximum atomic E-state index is 11.6. The van der Waals surface area contributed by atoms with Crippen LogP contribution in [0.2, 0.25) is 0 Å². The molecular formula is C24H33N7OS. The lowest BCUT2D eigenvalue weighted by atomic mass is 10.3. The molecule has 33 heavy (non-hydrogen) atoms. The van der Waals surface area contributed by atoms with Crippen LogP contribution in [0, 0.1) is 0 Å². The summed E-state index contributed by atoms with van der Waals surface area (Å²) in [5, 5.41) is 10.0. The van der Waals surface area contributed by atoms with E-state index in [0.29, 0.717) is 11.6 Å². The van der Waals surface area contributed by atoms with Crippen LogP contribution in [0.5, 0.6) is 0 Å². The molecule has 1 amide bonds. The van der Waals surface area contributed by atoms with E-state index in [0.717, 1.165) is 59.8 Å². The number of nitrogens with one attached hydrogen (secondary N) is 3. The van der Waals surface area contributed by atoms with Crippen LogP contribution in [0.4, 0.5) is 17.3 Å². The van der Waals surface area contributed by atoms with Crippen molar-refractivity contribution in [2.45, 2.75) is 30.3 Å². The van der Waals surface area contributed by atoms with E-state index in [1.807, 2.05) is 57.3 Å². The molecule has 1 saturated heterocycles. The molecule has 0 unspecified atom stereocenters. The highest BCUT2D eigenvalue weighted by molar-refractivity contribution is 7.99. The van der Waals surface area contributed by atoms with Crippen LogP contribution in [0.15, 0.2) is 64.4 Å². The Morgan fingerprint density at radius 2 is 1.85 bits per heavy atom. The van der Waals surface area contributed by atoms with Gasteiger partial charge in [0.25, 0.3) is 0 Å². The standard InChI is InChI=1S/C24H33N7OS/c1-6-23(32)26-18-7-9-19(10-8-18)33-24-28-21(27-20(25-4)15-17(2)3)16-22(29-24)31-13-11-30(5)12-14-31/h7-10,15-16,25H,2,6,11-14H2,1,3-5H3,(H,26,32)(H,27,28,29)/b20-15+.